The number of ether oxygens (including phenoxy) is 1. The molecule has 1 saturated heterocycles. The van der Waals surface area contributed by atoms with Gasteiger partial charge in [0.1, 0.15) is 17.9 Å². The molecule has 1 amide bonds. The van der Waals surface area contributed by atoms with Crippen molar-refractivity contribution >= 4 is 20.7 Å². The molecule has 0 radical (unpaired) electrons. The second-order valence-corrected chi connectivity index (χ2v) is 13.3. The highest BCUT2D eigenvalue weighted by Gasteiger charge is 2.45. The molecule has 2 unspecified atom stereocenters. The molecule has 0 saturated carbocycles. The topological polar surface area (TPSA) is 55.8 Å². The minimum atomic E-state index is -1.98. The summed E-state index contributed by atoms with van der Waals surface area (Å²) in [6.45, 7) is 16.8. The predicted octanol–water partition coefficient (Wildman–Crippen LogP) is 3.59. The zero-order chi connectivity index (χ0) is 17.3. The number of carbonyl (C=O) groups is 2. The van der Waals surface area contributed by atoms with E-state index in [1.54, 1.807) is 0 Å². The van der Waals surface area contributed by atoms with E-state index in [4.69, 9.17) is 9.16 Å². The van der Waals surface area contributed by atoms with Crippen molar-refractivity contribution in [3.63, 3.8) is 0 Å². The third kappa shape index (κ3) is 4.55. The summed E-state index contributed by atoms with van der Waals surface area (Å²) >= 11 is 0. The third-order valence-corrected chi connectivity index (χ3v) is 8.92. The van der Waals surface area contributed by atoms with E-state index < -0.39 is 26.1 Å². The van der Waals surface area contributed by atoms with Gasteiger partial charge in [-0.25, -0.2) is 4.79 Å². The van der Waals surface area contributed by atoms with Crippen LogP contribution in [0.5, 0.6) is 0 Å². The maximum absolute atomic E-state index is 12.2. The number of hydrogen-bond donors (Lipinski definition) is 0. The summed E-state index contributed by atoms with van der Waals surface area (Å²) in [5.74, 6) is 0. The Balaban J connectivity index is 2.82. The van der Waals surface area contributed by atoms with Gasteiger partial charge in [-0.3, -0.25) is 4.90 Å². The number of likely N-dealkylation sites (tertiary alicyclic amines) is 1. The van der Waals surface area contributed by atoms with Crippen LogP contribution >= 0.6 is 0 Å². The summed E-state index contributed by atoms with van der Waals surface area (Å²) in [6, 6.07) is -0.552. The molecule has 1 fully saturated rings. The number of rotatable bonds is 3. The lowest BCUT2D eigenvalue weighted by Crippen LogP contribution is -2.49. The van der Waals surface area contributed by atoms with Crippen molar-refractivity contribution in [2.24, 2.45) is 0 Å². The lowest BCUT2D eigenvalue weighted by molar-refractivity contribution is -0.113. The quantitative estimate of drug-likeness (QED) is 0.586. The van der Waals surface area contributed by atoms with Crippen LogP contribution in [-0.2, 0) is 14.0 Å². The Morgan fingerprint density at radius 3 is 2.14 bits per heavy atom. The number of nitrogens with zero attached hydrogens (tertiary/aromatic N) is 1. The summed E-state index contributed by atoms with van der Waals surface area (Å²) in [5.41, 5.74) is -0.567. The summed E-state index contributed by atoms with van der Waals surface area (Å²) < 4.78 is 11.7. The van der Waals surface area contributed by atoms with E-state index >= 15 is 0 Å². The Bertz CT molecular complexity index is 423. The second-order valence-electron chi connectivity index (χ2n) is 8.51. The van der Waals surface area contributed by atoms with E-state index in [0.29, 0.717) is 13.0 Å². The minimum Gasteiger partial charge on any atom is -0.444 e. The average Bonchev–Trinajstić information content (AvgIpc) is 2.67. The normalized spacial score (nSPS) is 23.5. The van der Waals surface area contributed by atoms with Crippen molar-refractivity contribution in [3.05, 3.63) is 0 Å². The van der Waals surface area contributed by atoms with Gasteiger partial charge >= 0.3 is 6.09 Å². The fourth-order valence-electron chi connectivity index (χ4n) is 2.17. The van der Waals surface area contributed by atoms with E-state index in [0.717, 1.165) is 6.29 Å². The molecular weight excluding hydrogens is 298 g/mol. The lowest BCUT2D eigenvalue weighted by Gasteiger charge is -2.39. The maximum Gasteiger partial charge on any atom is 0.410 e. The average molecular weight is 330 g/mol. The third-order valence-electron chi connectivity index (χ3n) is 4.41. The Morgan fingerprint density at radius 2 is 1.73 bits per heavy atom. The van der Waals surface area contributed by atoms with E-state index in [2.05, 4.69) is 33.9 Å². The minimum absolute atomic E-state index is 0.0692. The van der Waals surface area contributed by atoms with Crippen LogP contribution in [0, 0.1) is 0 Å². The predicted molar refractivity (Wildman–Crippen MR) is 89.5 cm³/mol. The van der Waals surface area contributed by atoms with Crippen LogP contribution in [0.2, 0.25) is 18.1 Å². The van der Waals surface area contributed by atoms with Crippen LogP contribution in [0.3, 0.4) is 0 Å². The molecule has 128 valence electrons. The zero-order valence-corrected chi connectivity index (χ0v) is 16.2. The van der Waals surface area contributed by atoms with E-state index in [-0.39, 0.29) is 11.1 Å². The van der Waals surface area contributed by atoms with Crippen LogP contribution < -0.4 is 0 Å². The first-order valence-corrected chi connectivity index (χ1v) is 10.8. The van der Waals surface area contributed by atoms with Crippen LogP contribution in [0.15, 0.2) is 0 Å². The number of aldehydes is 1. The molecule has 1 rings (SSSR count). The van der Waals surface area contributed by atoms with Crippen molar-refractivity contribution in [1.29, 1.82) is 0 Å². The van der Waals surface area contributed by atoms with E-state index in [9.17, 15) is 9.59 Å². The second kappa shape index (κ2) is 6.32. The molecule has 6 heteroatoms. The van der Waals surface area contributed by atoms with Crippen LogP contribution in [0.1, 0.15) is 48.0 Å². The van der Waals surface area contributed by atoms with E-state index in [1.165, 1.54) is 4.90 Å². The van der Waals surface area contributed by atoms with Crippen molar-refractivity contribution in [2.75, 3.05) is 6.54 Å². The van der Waals surface area contributed by atoms with Gasteiger partial charge in [-0.15, -0.1) is 0 Å². The molecule has 1 heterocycles. The van der Waals surface area contributed by atoms with Gasteiger partial charge in [0, 0.05) is 6.54 Å². The van der Waals surface area contributed by atoms with Gasteiger partial charge < -0.3 is 14.0 Å². The van der Waals surface area contributed by atoms with Gasteiger partial charge in [0.15, 0.2) is 8.32 Å². The van der Waals surface area contributed by atoms with Gasteiger partial charge in [0.25, 0.3) is 0 Å². The van der Waals surface area contributed by atoms with Gasteiger partial charge in [0.05, 0.1) is 6.10 Å². The highest BCUT2D eigenvalue weighted by molar-refractivity contribution is 6.74. The Morgan fingerprint density at radius 1 is 1.18 bits per heavy atom. The van der Waals surface area contributed by atoms with Crippen LogP contribution in [-0.4, -0.2) is 49.9 Å². The zero-order valence-electron chi connectivity index (χ0n) is 15.2. The van der Waals surface area contributed by atoms with Crippen LogP contribution in [0.4, 0.5) is 4.79 Å². The van der Waals surface area contributed by atoms with Crippen LogP contribution in [0.25, 0.3) is 0 Å². The first-order valence-electron chi connectivity index (χ1n) is 7.91. The standard InChI is InChI=1S/C16H31NO4Si/c1-15(2,3)20-14(19)17-10-9-13(12(17)11-18)21-22(7,8)16(4,5)6/h11-13H,9-10H2,1-8H3. The van der Waals surface area contributed by atoms with Crippen molar-refractivity contribution < 1.29 is 18.8 Å². The first kappa shape index (κ1) is 19.2. The molecule has 5 nitrogen and oxygen atoms in total. The maximum atomic E-state index is 12.2. The number of hydrogen-bond acceptors (Lipinski definition) is 4. The summed E-state index contributed by atoms with van der Waals surface area (Å²) in [6.07, 6.45) is 0.820. The van der Waals surface area contributed by atoms with Gasteiger partial charge in [0.2, 0.25) is 0 Å². The molecule has 2 atom stereocenters. The fourth-order valence-corrected chi connectivity index (χ4v) is 3.53. The summed E-state index contributed by atoms with van der Waals surface area (Å²) in [7, 11) is -1.98. The SMILES string of the molecule is CC(C)(C)OC(=O)N1CCC(O[Si](C)(C)C(C)(C)C)C1C=O. The molecule has 0 spiro atoms. The Labute approximate surface area is 135 Å². The smallest absolute Gasteiger partial charge is 0.410 e. The molecule has 0 aliphatic carbocycles. The van der Waals surface area contributed by atoms with Crippen molar-refractivity contribution in [3.8, 4) is 0 Å². The fraction of sp³-hybridized carbons (Fsp3) is 0.875. The molecule has 0 aromatic heterocycles. The highest BCUT2D eigenvalue weighted by atomic mass is 28.4. The molecule has 22 heavy (non-hydrogen) atoms. The molecule has 0 aromatic carbocycles. The molecule has 0 aromatic rings. The molecule has 0 N–H and O–H groups in total. The molecule has 0 bridgehead atoms. The Kier molecular flexibility index (Phi) is 5.50. The molecular formula is C16H31NO4Si. The van der Waals surface area contributed by atoms with Gasteiger partial charge in [-0.05, 0) is 45.3 Å². The first-order chi connectivity index (χ1) is 9.78. The van der Waals surface area contributed by atoms with E-state index in [1.807, 2.05) is 20.8 Å². The molecule has 1 aliphatic heterocycles. The van der Waals surface area contributed by atoms with Crippen molar-refractivity contribution in [2.45, 2.75) is 83.8 Å². The van der Waals surface area contributed by atoms with Crippen molar-refractivity contribution in [1.82, 2.24) is 4.90 Å². The summed E-state index contributed by atoms with van der Waals surface area (Å²) in [4.78, 5) is 25.3. The lowest BCUT2D eigenvalue weighted by atomic mass is 10.2. The Hall–Kier alpha value is -0.883. The van der Waals surface area contributed by atoms with Gasteiger partial charge in [-0.1, -0.05) is 20.8 Å². The molecule has 1 aliphatic rings. The number of carbonyl (C=O) groups excluding carboxylic acids is 2. The summed E-state index contributed by atoms with van der Waals surface area (Å²) in [5, 5.41) is 0.0692. The number of amides is 1. The van der Waals surface area contributed by atoms with Gasteiger partial charge in [-0.2, -0.15) is 0 Å². The monoisotopic (exact) mass is 329 g/mol. The largest absolute Gasteiger partial charge is 0.444 e. The highest BCUT2D eigenvalue weighted by Crippen LogP contribution is 2.39.